The molecule has 0 bridgehead atoms. The Bertz CT molecular complexity index is 949. The standard InChI is InChI=1S/C22H25N3O3/c1-23(18-11-10-16-8-4-5-9-17(16)14-18)19(26)15-25-20(27)22(24(2)21(25)28)12-6-3-7-13-22/h4-5,8-11,14H,3,6-7,12-13,15H2,1-2H3. The zero-order valence-electron chi connectivity index (χ0n) is 16.4. The van der Waals surface area contributed by atoms with Gasteiger partial charge in [-0.2, -0.15) is 0 Å². The molecule has 6 heteroatoms. The minimum Gasteiger partial charge on any atom is -0.314 e. The number of benzene rings is 2. The summed E-state index contributed by atoms with van der Waals surface area (Å²) < 4.78 is 0. The first-order valence-corrected chi connectivity index (χ1v) is 9.79. The van der Waals surface area contributed by atoms with E-state index in [2.05, 4.69) is 0 Å². The summed E-state index contributed by atoms with van der Waals surface area (Å²) >= 11 is 0. The Kier molecular flexibility index (Phi) is 4.57. The molecule has 2 aromatic rings. The molecule has 0 unspecified atom stereocenters. The van der Waals surface area contributed by atoms with Gasteiger partial charge < -0.3 is 9.80 Å². The number of likely N-dealkylation sites (N-methyl/N-ethyl adjacent to an activating group) is 2. The van der Waals surface area contributed by atoms with Crippen molar-refractivity contribution >= 4 is 34.3 Å². The summed E-state index contributed by atoms with van der Waals surface area (Å²) in [5.41, 5.74) is -0.0135. The van der Waals surface area contributed by atoms with E-state index in [4.69, 9.17) is 0 Å². The maximum absolute atomic E-state index is 13.1. The normalized spacial score (nSPS) is 18.9. The molecule has 1 saturated carbocycles. The van der Waals surface area contributed by atoms with Crippen LogP contribution in [0.15, 0.2) is 42.5 Å². The van der Waals surface area contributed by atoms with E-state index < -0.39 is 5.54 Å². The van der Waals surface area contributed by atoms with Gasteiger partial charge in [-0.05, 0) is 35.7 Å². The van der Waals surface area contributed by atoms with E-state index in [1.807, 2.05) is 42.5 Å². The Balaban J connectivity index is 1.53. The van der Waals surface area contributed by atoms with E-state index in [9.17, 15) is 14.4 Å². The molecule has 0 N–H and O–H groups in total. The lowest BCUT2D eigenvalue weighted by molar-refractivity contribution is -0.136. The van der Waals surface area contributed by atoms with Crippen molar-refractivity contribution in [3.05, 3.63) is 42.5 Å². The van der Waals surface area contributed by atoms with Crippen molar-refractivity contribution in [3.63, 3.8) is 0 Å². The Morgan fingerprint density at radius 2 is 1.71 bits per heavy atom. The lowest BCUT2D eigenvalue weighted by atomic mass is 9.81. The molecule has 1 saturated heterocycles. The van der Waals surface area contributed by atoms with E-state index in [0.29, 0.717) is 12.8 Å². The van der Waals surface area contributed by atoms with Gasteiger partial charge in [0.25, 0.3) is 5.91 Å². The van der Waals surface area contributed by atoms with Gasteiger partial charge in [0, 0.05) is 19.8 Å². The van der Waals surface area contributed by atoms with Crippen molar-refractivity contribution in [3.8, 4) is 0 Å². The van der Waals surface area contributed by atoms with Crippen LogP contribution >= 0.6 is 0 Å². The molecule has 2 fully saturated rings. The van der Waals surface area contributed by atoms with Crippen LogP contribution in [-0.2, 0) is 9.59 Å². The fraction of sp³-hybridized carbons (Fsp3) is 0.409. The summed E-state index contributed by atoms with van der Waals surface area (Å²) in [6, 6.07) is 13.3. The highest BCUT2D eigenvalue weighted by atomic mass is 16.2. The van der Waals surface area contributed by atoms with Crippen molar-refractivity contribution in [2.24, 2.45) is 0 Å². The molecule has 2 aliphatic rings. The average molecular weight is 379 g/mol. The van der Waals surface area contributed by atoms with Crippen LogP contribution in [0.3, 0.4) is 0 Å². The first kappa shape index (κ1) is 18.5. The third-order valence-corrected chi connectivity index (χ3v) is 6.27. The highest BCUT2D eigenvalue weighted by molar-refractivity contribution is 6.10. The highest BCUT2D eigenvalue weighted by Crippen LogP contribution is 2.39. The number of urea groups is 1. The van der Waals surface area contributed by atoms with Gasteiger partial charge in [0.05, 0.1) is 0 Å². The molecule has 1 heterocycles. The smallest absolute Gasteiger partial charge is 0.314 e. The molecule has 0 radical (unpaired) electrons. The van der Waals surface area contributed by atoms with E-state index in [-0.39, 0.29) is 24.4 Å². The number of amides is 4. The van der Waals surface area contributed by atoms with Crippen LogP contribution in [0.5, 0.6) is 0 Å². The first-order valence-electron chi connectivity index (χ1n) is 9.79. The predicted octanol–water partition coefficient (Wildman–Crippen LogP) is 3.40. The van der Waals surface area contributed by atoms with Crippen LogP contribution in [0.25, 0.3) is 10.8 Å². The molecule has 0 atom stereocenters. The van der Waals surface area contributed by atoms with Gasteiger partial charge in [-0.3, -0.25) is 14.5 Å². The zero-order valence-corrected chi connectivity index (χ0v) is 16.4. The monoisotopic (exact) mass is 379 g/mol. The number of fused-ring (bicyclic) bond motifs is 1. The van der Waals surface area contributed by atoms with E-state index in [1.165, 1.54) is 4.90 Å². The largest absolute Gasteiger partial charge is 0.327 e. The summed E-state index contributed by atoms with van der Waals surface area (Å²) in [4.78, 5) is 42.8. The fourth-order valence-electron chi connectivity index (χ4n) is 4.44. The second-order valence-electron chi connectivity index (χ2n) is 7.81. The summed E-state index contributed by atoms with van der Waals surface area (Å²) in [6.07, 6.45) is 4.31. The minimum absolute atomic E-state index is 0.222. The average Bonchev–Trinajstić information content (AvgIpc) is 2.89. The zero-order chi connectivity index (χ0) is 19.9. The molecule has 1 aliphatic heterocycles. The van der Waals surface area contributed by atoms with Crippen molar-refractivity contribution in [2.45, 2.75) is 37.6 Å². The third-order valence-electron chi connectivity index (χ3n) is 6.27. The Hall–Kier alpha value is -2.89. The van der Waals surface area contributed by atoms with Gasteiger partial charge >= 0.3 is 6.03 Å². The van der Waals surface area contributed by atoms with Gasteiger partial charge in [0.2, 0.25) is 5.91 Å². The van der Waals surface area contributed by atoms with E-state index in [1.54, 1.807) is 19.0 Å². The highest BCUT2D eigenvalue weighted by Gasteiger charge is 2.55. The molecular weight excluding hydrogens is 354 g/mol. The van der Waals surface area contributed by atoms with Crippen molar-refractivity contribution in [2.75, 3.05) is 25.5 Å². The fourth-order valence-corrected chi connectivity index (χ4v) is 4.44. The van der Waals surface area contributed by atoms with Crippen LogP contribution in [0, 0.1) is 0 Å². The number of hydrogen-bond acceptors (Lipinski definition) is 3. The Morgan fingerprint density at radius 1 is 1.04 bits per heavy atom. The van der Waals surface area contributed by atoms with Crippen LogP contribution in [0.2, 0.25) is 0 Å². The maximum Gasteiger partial charge on any atom is 0.327 e. The summed E-state index contributed by atoms with van der Waals surface area (Å²) in [5, 5.41) is 2.13. The Morgan fingerprint density at radius 3 is 2.43 bits per heavy atom. The van der Waals surface area contributed by atoms with Crippen LogP contribution in [0.4, 0.5) is 10.5 Å². The van der Waals surface area contributed by atoms with E-state index >= 15 is 0 Å². The molecular formula is C22H25N3O3. The van der Waals surface area contributed by atoms with Crippen LogP contribution in [-0.4, -0.2) is 53.8 Å². The van der Waals surface area contributed by atoms with Crippen LogP contribution in [0.1, 0.15) is 32.1 Å². The van der Waals surface area contributed by atoms with Gasteiger partial charge in [0.1, 0.15) is 12.1 Å². The molecule has 0 aromatic heterocycles. The number of nitrogens with zero attached hydrogens (tertiary/aromatic N) is 3. The van der Waals surface area contributed by atoms with Gasteiger partial charge in [-0.1, -0.05) is 49.6 Å². The molecule has 1 spiro atoms. The minimum atomic E-state index is -0.753. The lowest BCUT2D eigenvalue weighted by Crippen LogP contribution is -2.49. The molecule has 4 amide bonds. The second-order valence-corrected chi connectivity index (χ2v) is 7.81. The molecule has 4 rings (SSSR count). The van der Waals surface area contributed by atoms with Crippen LogP contribution < -0.4 is 4.90 Å². The van der Waals surface area contributed by atoms with E-state index in [0.717, 1.165) is 40.6 Å². The number of carbonyl (C=O) groups is 3. The summed E-state index contributed by atoms with van der Waals surface area (Å²) in [6.45, 7) is -0.229. The van der Waals surface area contributed by atoms with Crippen molar-refractivity contribution in [1.82, 2.24) is 9.80 Å². The molecule has 6 nitrogen and oxygen atoms in total. The molecule has 2 aromatic carbocycles. The third kappa shape index (κ3) is 2.84. The topological polar surface area (TPSA) is 60.9 Å². The molecule has 28 heavy (non-hydrogen) atoms. The molecule has 1 aliphatic carbocycles. The first-order chi connectivity index (χ1) is 13.4. The van der Waals surface area contributed by atoms with Gasteiger partial charge in [0.15, 0.2) is 0 Å². The van der Waals surface area contributed by atoms with Crippen molar-refractivity contribution in [1.29, 1.82) is 0 Å². The quantitative estimate of drug-likeness (QED) is 0.768. The Labute approximate surface area is 164 Å². The summed E-state index contributed by atoms with van der Waals surface area (Å²) in [5.74, 6) is -0.502. The predicted molar refractivity (Wildman–Crippen MR) is 108 cm³/mol. The summed E-state index contributed by atoms with van der Waals surface area (Å²) in [7, 11) is 3.36. The lowest BCUT2D eigenvalue weighted by Gasteiger charge is -2.35. The number of anilines is 1. The number of hydrogen-bond donors (Lipinski definition) is 0. The van der Waals surface area contributed by atoms with Gasteiger partial charge in [-0.25, -0.2) is 4.79 Å². The number of rotatable bonds is 3. The van der Waals surface area contributed by atoms with Crippen molar-refractivity contribution < 1.29 is 14.4 Å². The SMILES string of the molecule is CN(C(=O)CN1C(=O)N(C)C2(CCCCC2)C1=O)c1ccc2ccccc2c1. The number of imide groups is 1. The molecule has 146 valence electrons. The number of carbonyl (C=O) groups excluding carboxylic acids is 3. The maximum atomic E-state index is 13.1. The van der Waals surface area contributed by atoms with Gasteiger partial charge in [-0.15, -0.1) is 0 Å². The second kappa shape index (κ2) is 6.93.